The van der Waals surface area contributed by atoms with E-state index in [1.54, 1.807) is 0 Å². The van der Waals surface area contributed by atoms with E-state index in [9.17, 15) is 21.2 Å². The summed E-state index contributed by atoms with van der Waals surface area (Å²) in [6.45, 7) is -0.261. The molecule has 10 heteroatoms. The minimum atomic E-state index is -4.14. The van der Waals surface area contributed by atoms with Crippen LogP contribution in [0.4, 0.5) is 4.39 Å². The highest BCUT2D eigenvalue weighted by Crippen LogP contribution is 2.27. The summed E-state index contributed by atoms with van der Waals surface area (Å²) < 4.78 is 62.2. The summed E-state index contributed by atoms with van der Waals surface area (Å²) in [5.74, 6) is -1.46. The van der Waals surface area contributed by atoms with E-state index in [1.807, 2.05) is 0 Å². The molecule has 0 saturated heterocycles. The maximum Gasteiger partial charge on any atom is 0.245 e. The van der Waals surface area contributed by atoms with Crippen LogP contribution in [0.1, 0.15) is 5.56 Å². The fourth-order valence-electron chi connectivity index (χ4n) is 1.49. The summed E-state index contributed by atoms with van der Waals surface area (Å²) in [6, 6.07) is 2.51. The Hall–Kier alpha value is -0.220. The maximum atomic E-state index is 14.2. The van der Waals surface area contributed by atoms with Gasteiger partial charge in [-0.15, -0.1) is 11.6 Å². The van der Waals surface area contributed by atoms with Crippen molar-refractivity contribution in [3.05, 3.63) is 28.0 Å². The van der Waals surface area contributed by atoms with Crippen LogP contribution in [-0.4, -0.2) is 46.7 Å². The molecule has 0 N–H and O–H groups in total. The molecule has 0 unspecified atom stereocenters. The highest BCUT2D eigenvalue weighted by molar-refractivity contribution is 9.10. The van der Waals surface area contributed by atoms with Crippen molar-refractivity contribution in [1.29, 1.82) is 0 Å². The molecule has 0 saturated carbocycles. The van der Waals surface area contributed by atoms with Crippen LogP contribution in [0.15, 0.2) is 21.5 Å². The summed E-state index contributed by atoms with van der Waals surface area (Å²) in [4.78, 5) is -0.538. The monoisotopic (exact) mass is 421 g/mol. The minimum Gasteiger partial charge on any atom is -0.229 e. The Labute approximate surface area is 137 Å². The van der Waals surface area contributed by atoms with Gasteiger partial charge in [0.05, 0.1) is 11.6 Å². The Morgan fingerprint density at radius 1 is 1.29 bits per heavy atom. The van der Waals surface area contributed by atoms with Crippen LogP contribution >= 0.6 is 27.5 Å². The van der Waals surface area contributed by atoms with E-state index >= 15 is 0 Å². The van der Waals surface area contributed by atoms with E-state index in [1.165, 1.54) is 13.1 Å². The zero-order valence-corrected chi connectivity index (χ0v) is 15.3. The SMILES string of the molecule is CN(CCS(C)(=O)=O)S(=O)(=O)c1cc(Br)cc(CCl)c1F. The second-order valence-electron chi connectivity index (χ2n) is 4.47. The van der Waals surface area contributed by atoms with Gasteiger partial charge in [-0.1, -0.05) is 15.9 Å². The summed E-state index contributed by atoms with van der Waals surface area (Å²) >= 11 is 8.67. The van der Waals surface area contributed by atoms with E-state index in [0.717, 1.165) is 16.6 Å². The number of hydrogen-bond acceptors (Lipinski definition) is 4. The molecule has 0 heterocycles. The molecule has 0 amide bonds. The smallest absolute Gasteiger partial charge is 0.229 e. The summed E-state index contributed by atoms with van der Waals surface area (Å²) in [5, 5.41) is 0. The van der Waals surface area contributed by atoms with Gasteiger partial charge >= 0.3 is 0 Å². The number of sulfone groups is 1. The molecule has 0 fully saturated rings. The molecular weight excluding hydrogens is 409 g/mol. The van der Waals surface area contributed by atoms with Gasteiger partial charge in [-0.05, 0) is 12.1 Å². The maximum absolute atomic E-state index is 14.2. The molecule has 0 radical (unpaired) electrons. The number of sulfonamides is 1. The minimum absolute atomic E-state index is 0.0427. The fraction of sp³-hybridized carbons (Fsp3) is 0.455. The van der Waals surface area contributed by atoms with Crippen LogP contribution < -0.4 is 0 Å². The van der Waals surface area contributed by atoms with Gasteiger partial charge in [-0.2, -0.15) is 4.31 Å². The third kappa shape index (κ3) is 4.88. The molecule has 0 atom stereocenters. The van der Waals surface area contributed by atoms with Gasteiger partial charge in [-0.25, -0.2) is 21.2 Å². The Kier molecular flexibility index (Phi) is 6.19. The quantitative estimate of drug-likeness (QED) is 0.657. The molecule has 5 nitrogen and oxygen atoms in total. The predicted octanol–water partition coefficient (Wildman–Crippen LogP) is 1.99. The van der Waals surface area contributed by atoms with Gasteiger partial charge in [0, 0.05) is 29.9 Å². The largest absolute Gasteiger partial charge is 0.245 e. The Morgan fingerprint density at radius 3 is 2.33 bits per heavy atom. The Bertz CT molecular complexity index is 737. The molecule has 1 aromatic carbocycles. The molecule has 0 aliphatic carbocycles. The lowest BCUT2D eigenvalue weighted by molar-refractivity contribution is 0.475. The van der Waals surface area contributed by atoms with Crippen molar-refractivity contribution in [2.45, 2.75) is 10.8 Å². The molecule has 0 spiro atoms. The molecular formula is C11H14BrClFNO4S2. The number of benzene rings is 1. The lowest BCUT2D eigenvalue weighted by atomic mass is 10.2. The third-order valence-corrected chi connectivity index (χ3v) is 6.21. The second kappa shape index (κ2) is 6.91. The number of nitrogens with zero attached hydrogens (tertiary/aromatic N) is 1. The van der Waals surface area contributed by atoms with Crippen LogP contribution in [0.3, 0.4) is 0 Å². The zero-order chi connectivity index (χ0) is 16.4. The molecule has 0 aliphatic rings. The van der Waals surface area contributed by atoms with E-state index in [4.69, 9.17) is 11.6 Å². The molecule has 120 valence electrons. The van der Waals surface area contributed by atoms with Crippen LogP contribution in [-0.2, 0) is 25.7 Å². The normalized spacial score (nSPS) is 12.9. The van der Waals surface area contributed by atoms with Gasteiger partial charge < -0.3 is 0 Å². The van der Waals surface area contributed by atoms with Crippen molar-refractivity contribution in [3.8, 4) is 0 Å². The third-order valence-electron chi connectivity index (χ3n) is 2.69. The Morgan fingerprint density at radius 2 is 1.86 bits per heavy atom. The number of hydrogen-bond donors (Lipinski definition) is 0. The molecule has 1 aromatic rings. The van der Waals surface area contributed by atoms with Crippen molar-refractivity contribution < 1.29 is 21.2 Å². The summed E-state index contributed by atoms with van der Waals surface area (Å²) in [5.41, 5.74) is 0.0427. The topological polar surface area (TPSA) is 71.5 Å². The van der Waals surface area contributed by atoms with Gasteiger partial charge in [0.1, 0.15) is 20.5 Å². The second-order valence-corrected chi connectivity index (χ2v) is 9.92. The van der Waals surface area contributed by atoms with Crippen molar-refractivity contribution in [2.24, 2.45) is 0 Å². The lowest BCUT2D eigenvalue weighted by Gasteiger charge is -2.18. The number of alkyl halides is 1. The van der Waals surface area contributed by atoms with Gasteiger partial charge in [0.15, 0.2) is 0 Å². The fourth-order valence-corrected chi connectivity index (χ4v) is 4.36. The molecule has 0 aromatic heterocycles. The first-order valence-electron chi connectivity index (χ1n) is 5.67. The number of rotatable bonds is 6. The first-order chi connectivity index (χ1) is 9.49. The van der Waals surface area contributed by atoms with Crippen molar-refractivity contribution in [2.75, 3.05) is 25.6 Å². The average Bonchev–Trinajstić information content (AvgIpc) is 2.36. The average molecular weight is 423 g/mol. The summed E-state index contributed by atoms with van der Waals surface area (Å²) in [7, 11) is -6.27. The highest BCUT2D eigenvalue weighted by Gasteiger charge is 2.27. The standard InChI is InChI=1S/C11H14BrClFNO4S2/c1-15(3-4-20(2,16)17)21(18,19)10-6-9(12)5-8(7-13)11(10)14/h5-6H,3-4,7H2,1-2H3. The van der Waals surface area contributed by atoms with Gasteiger partial charge in [0.25, 0.3) is 0 Å². The number of halogens is 3. The summed E-state index contributed by atoms with van der Waals surface area (Å²) in [6.07, 6.45) is 0.999. The van der Waals surface area contributed by atoms with Crippen molar-refractivity contribution in [1.82, 2.24) is 4.31 Å². The first kappa shape index (κ1) is 18.8. The van der Waals surface area contributed by atoms with E-state index in [2.05, 4.69) is 15.9 Å². The Balaban J connectivity index is 3.22. The molecule has 0 aliphatic heterocycles. The molecule has 1 rings (SSSR count). The van der Waals surface area contributed by atoms with Crippen molar-refractivity contribution in [3.63, 3.8) is 0 Å². The van der Waals surface area contributed by atoms with E-state index in [-0.39, 0.29) is 23.7 Å². The lowest BCUT2D eigenvalue weighted by Crippen LogP contribution is -2.32. The van der Waals surface area contributed by atoms with Crippen molar-refractivity contribution >= 4 is 47.4 Å². The van der Waals surface area contributed by atoms with E-state index in [0.29, 0.717) is 4.47 Å². The highest BCUT2D eigenvalue weighted by atomic mass is 79.9. The van der Waals surface area contributed by atoms with Crippen LogP contribution in [0.5, 0.6) is 0 Å². The zero-order valence-electron chi connectivity index (χ0n) is 11.3. The molecule has 0 bridgehead atoms. The van der Waals surface area contributed by atoms with Gasteiger partial charge in [0.2, 0.25) is 10.0 Å². The predicted molar refractivity (Wildman–Crippen MR) is 83.2 cm³/mol. The molecule has 21 heavy (non-hydrogen) atoms. The van der Waals surface area contributed by atoms with Crippen LogP contribution in [0.2, 0.25) is 0 Å². The van der Waals surface area contributed by atoms with Crippen LogP contribution in [0, 0.1) is 5.82 Å². The van der Waals surface area contributed by atoms with Crippen LogP contribution in [0.25, 0.3) is 0 Å². The van der Waals surface area contributed by atoms with E-state index < -0.39 is 30.6 Å². The first-order valence-corrected chi connectivity index (χ1v) is 10.5. The van der Waals surface area contributed by atoms with Gasteiger partial charge in [-0.3, -0.25) is 0 Å².